The molecule has 1 N–H and O–H groups in total. The van der Waals surface area contributed by atoms with Gasteiger partial charge < -0.3 is 0 Å². The quantitative estimate of drug-likeness (QED) is 0.237. The van der Waals surface area contributed by atoms with Crippen LogP contribution >= 0.6 is 0 Å². The molecule has 2 unspecified atom stereocenters. The summed E-state index contributed by atoms with van der Waals surface area (Å²) in [5, 5.41) is 14.8. The van der Waals surface area contributed by atoms with E-state index in [9.17, 15) is 4.79 Å². The van der Waals surface area contributed by atoms with Gasteiger partial charge in [-0.1, -0.05) is 83.6 Å². The molecule has 0 bridgehead atoms. The van der Waals surface area contributed by atoms with Gasteiger partial charge >= 0.3 is 5.69 Å². The summed E-state index contributed by atoms with van der Waals surface area (Å²) >= 11 is 0. The summed E-state index contributed by atoms with van der Waals surface area (Å²) in [7, 11) is 0. The molecule has 1 saturated carbocycles. The van der Waals surface area contributed by atoms with Crippen LogP contribution < -0.4 is 5.69 Å². The summed E-state index contributed by atoms with van der Waals surface area (Å²) in [4.78, 5) is 18.8. The maximum absolute atomic E-state index is 14.4. The van der Waals surface area contributed by atoms with Crippen LogP contribution in [0.15, 0.2) is 53.7 Å². The Kier molecular flexibility index (Phi) is 9.24. The molecule has 0 radical (unpaired) electrons. The van der Waals surface area contributed by atoms with Crippen LogP contribution in [0.5, 0.6) is 0 Å². The first-order valence-corrected chi connectivity index (χ1v) is 15.2. The molecule has 3 aromatic heterocycles. The monoisotopic (exact) mass is 541 g/mol. The zero-order valence-corrected chi connectivity index (χ0v) is 24.2. The fourth-order valence-corrected chi connectivity index (χ4v) is 6.72. The summed E-state index contributed by atoms with van der Waals surface area (Å²) in [6, 6.07) is 10.4. The molecule has 1 fully saturated rings. The number of aromatic nitrogens is 7. The fourth-order valence-electron chi connectivity index (χ4n) is 6.72. The van der Waals surface area contributed by atoms with Crippen molar-refractivity contribution in [1.29, 1.82) is 0 Å². The second-order valence-electron chi connectivity index (χ2n) is 11.3. The first-order valence-electron chi connectivity index (χ1n) is 15.2. The van der Waals surface area contributed by atoms with E-state index in [2.05, 4.69) is 63.2 Å². The molecule has 40 heavy (non-hydrogen) atoms. The lowest BCUT2D eigenvalue weighted by atomic mass is 9.77. The van der Waals surface area contributed by atoms with Crippen molar-refractivity contribution in [3.05, 3.63) is 70.7 Å². The van der Waals surface area contributed by atoms with Gasteiger partial charge in [-0.3, -0.25) is 14.1 Å². The number of hydrogen-bond acceptors (Lipinski definition) is 5. The summed E-state index contributed by atoms with van der Waals surface area (Å²) in [5.41, 5.74) is 5.18. The van der Waals surface area contributed by atoms with Gasteiger partial charge in [0, 0.05) is 35.9 Å². The van der Waals surface area contributed by atoms with E-state index >= 15 is 0 Å². The third-order valence-corrected chi connectivity index (χ3v) is 8.89. The van der Waals surface area contributed by atoms with E-state index in [-0.39, 0.29) is 11.7 Å². The number of rotatable bonds is 10. The second-order valence-corrected chi connectivity index (χ2v) is 11.3. The minimum Gasteiger partial charge on any atom is -0.295 e. The van der Waals surface area contributed by atoms with E-state index in [1.54, 1.807) is 0 Å². The number of tetrazole rings is 1. The molecular weight excluding hydrogens is 498 g/mol. The Bertz CT molecular complexity index is 1410. The number of hydrogen-bond donors (Lipinski definition) is 1. The predicted molar refractivity (Wildman–Crippen MR) is 159 cm³/mol. The molecule has 2 atom stereocenters. The number of H-pyrrole nitrogens is 1. The first kappa shape index (κ1) is 28.0. The summed E-state index contributed by atoms with van der Waals surface area (Å²) in [5.74, 6) is 1.62. The van der Waals surface area contributed by atoms with Crippen molar-refractivity contribution in [2.45, 2.75) is 97.6 Å². The third kappa shape index (κ3) is 5.81. The Morgan fingerprint density at radius 3 is 2.38 bits per heavy atom. The van der Waals surface area contributed by atoms with Gasteiger partial charge in [0.2, 0.25) is 5.82 Å². The Hall–Kier alpha value is -3.55. The van der Waals surface area contributed by atoms with Crippen LogP contribution in [0.3, 0.4) is 0 Å². The highest BCUT2D eigenvalue weighted by atomic mass is 16.1. The molecule has 1 aromatic carbocycles. The lowest BCUT2D eigenvalue weighted by Crippen LogP contribution is -2.36. The van der Waals surface area contributed by atoms with Crippen molar-refractivity contribution in [2.75, 3.05) is 0 Å². The standard InChI is InChI=1S/C32H43N7O/c1-4-7-15-26-22-39(30-23(5-2)13-9-8-10-14-24(30)6-3)32(40)38(26)21-25-20-33-19-18-27(25)28-16-11-12-17-29(28)31-34-36-37-35-31/h11-12,16-20,22-24,30H,4-10,13-15,21H2,1-3H3,(H,34,35,36,37). The number of benzene rings is 1. The van der Waals surface area contributed by atoms with E-state index < -0.39 is 0 Å². The van der Waals surface area contributed by atoms with E-state index in [1.807, 2.05) is 41.2 Å². The molecule has 212 valence electrons. The molecular formula is C32H43N7O. The number of pyridine rings is 1. The zero-order chi connectivity index (χ0) is 27.9. The van der Waals surface area contributed by atoms with Gasteiger partial charge in [-0.25, -0.2) is 4.79 Å². The largest absolute Gasteiger partial charge is 0.328 e. The molecule has 5 rings (SSSR count). The van der Waals surface area contributed by atoms with Crippen molar-refractivity contribution in [3.8, 4) is 22.5 Å². The van der Waals surface area contributed by atoms with Gasteiger partial charge in [0.1, 0.15) is 0 Å². The third-order valence-electron chi connectivity index (χ3n) is 8.89. The van der Waals surface area contributed by atoms with Crippen molar-refractivity contribution in [2.24, 2.45) is 11.8 Å². The number of aryl methyl sites for hydroxylation is 1. The van der Waals surface area contributed by atoms with E-state index in [0.717, 1.165) is 60.1 Å². The van der Waals surface area contributed by atoms with Crippen LogP contribution in [0.4, 0.5) is 0 Å². The van der Waals surface area contributed by atoms with E-state index in [0.29, 0.717) is 24.2 Å². The lowest BCUT2D eigenvalue weighted by Gasteiger charge is -2.35. The van der Waals surface area contributed by atoms with Crippen molar-refractivity contribution in [3.63, 3.8) is 0 Å². The summed E-state index contributed by atoms with van der Waals surface area (Å²) in [6.45, 7) is 7.29. The number of imidazole rings is 1. The molecule has 3 heterocycles. The van der Waals surface area contributed by atoms with Crippen LogP contribution in [0, 0.1) is 11.8 Å². The number of nitrogens with one attached hydrogen (secondary N) is 1. The highest BCUT2D eigenvalue weighted by Gasteiger charge is 2.32. The molecule has 0 aliphatic heterocycles. The molecule has 1 aliphatic rings. The van der Waals surface area contributed by atoms with Crippen LogP contribution in [-0.4, -0.2) is 34.7 Å². The molecule has 8 heteroatoms. The van der Waals surface area contributed by atoms with Gasteiger partial charge in [-0.15, -0.1) is 10.2 Å². The Balaban J connectivity index is 1.59. The van der Waals surface area contributed by atoms with Crippen molar-refractivity contribution < 1.29 is 0 Å². The Morgan fingerprint density at radius 2 is 1.70 bits per heavy atom. The highest BCUT2D eigenvalue weighted by Crippen LogP contribution is 2.39. The molecule has 8 nitrogen and oxygen atoms in total. The van der Waals surface area contributed by atoms with Crippen LogP contribution in [0.25, 0.3) is 22.5 Å². The number of unbranched alkanes of at least 4 members (excludes halogenated alkanes) is 1. The lowest BCUT2D eigenvalue weighted by molar-refractivity contribution is 0.171. The smallest absolute Gasteiger partial charge is 0.295 e. The van der Waals surface area contributed by atoms with Crippen LogP contribution in [-0.2, 0) is 13.0 Å². The van der Waals surface area contributed by atoms with Crippen molar-refractivity contribution in [1.82, 2.24) is 34.7 Å². The zero-order valence-electron chi connectivity index (χ0n) is 24.2. The van der Waals surface area contributed by atoms with Gasteiger partial charge in [-0.2, -0.15) is 5.21 Å². The first-order chi connectivity index (χ1) is 19.7. The highest BCUT2D eigenvalue weighted by molar-refractivity contribution is 5.81. The van der Waals surface area contributed by atoms with Gasteiger partial charge in [0.05, 0.1) is 6.54 Å². The fraction of sp³-hybridized carbons (Fsp3) is 0.531. The minimum absolute atomic E-state index is 0.120. The average molecular weight is 542 g/mol. The maximum Gasteiger partial charge on any atom is 0.328 e. The SMILES string of the molecule is CCCCc1cn(C2C(CC)CCCCCC2CC)c(=O)n1Cc1cnccc1-c1ccccc1-c1nn[nH]n1. The van der Waals surface area contributed by atoms with E-state index in [1.165, 1.54) is 32.1 Å². The van der Waals surface area contributed by atoms with Crippen LogP contribution in [0.2, 0.25) is 0 Å². The molecule has 4 aromatic rings. The average Bonchev–Trinajstić information content (AvgIpc) is 3.61. The topological polar surface area (TPSA) is 94.3 Å². The number of nitrogens with zero attached hydrogens (tertiary/aromatic N) is 6. The maximum atomic E-state index is 14.4. The number of aromatic amines is 1. The molecule has 0 amide bonds. The van der Waals surface area contributed by atoms with E-state index in [4.69, 9.17) is 0 Å². The van der Waals surface area contributed by atoms with Gasteiger partial charge in [-0.05, 0) is 65.5 Å². The minimum atomic E-state index is 0.120. The molecule has 0 saturated heterocycles. The van der Waals surface area contributed by atoms with Crippen molar-refractivity contribution >= 4 is 0 Å². The van der Waals surface area contributed by atoms with Gasteiger partial charge in [0.25, 0.3) is 0 Å². The second kappa shape index (κ2) is 13.2. The molecule has 0 spiro atoms. The Morgan fingerprint density at radius 1 is 0.950 bits per heavy atom. The normalized spacial score (nSPS) is 19.8. The Labute approximate surface area is 237 Å². The summed E-state index contributed by atoms with van der Waals surface area (Å²) < 4.78 is 4.16. The predicted octanol–water partition coefficient (Wildman–Crippen LogP) is 6.84. The van der Waals surface area contributed by atoms with Gasteiger partial charge in [0.15, 0.2) is 0 Å². The van der Waals surface area contributed by atoms with Crippen LogP contribution in [0.1, 0.15) is 95.9 Å². The summed E-state index contributed by atoms with van der Waals surface area (Å²) in [6.07, 6.45) is 17.4. The molecule has 1 aliphatic carbocycles.